The van der Waals surface area contributed by atoms with Crippen molar-refractivity contribution in [2.24, 2.45) is 0 Å². The van der Waals surface area contributed by atoms with Gasteiger partial charge in [-0.05, 0) is 38.1 Å². The van der Waals surface area contributed by atoms with Crippen molar-refractivity contribution in [3.05, 3.63) is 42.1 Å². The number of pyridine rings is 1. The van der Waals surface area contributed by atoms with Gasteiger partial charge in [-0.2, -0.15) is 0 Å². The lowest BCUT2D eigenvalue weighted by Crippen LogP contribution is -2.09. The maximum absolute atomic E-state index is 10.1. The van der Waals surface area contributed by atoms with Crippen LogP contribution in [0.4, 0.5) is 5.69 Å². The number of aromatic hydroxyl groups is 1. The van der Waals surface area contributed by atoms with E-state index in [1.807, 2.05) is 38.1 Å². The van der Waals surface area contributed by atoms with E-state index in [0.717, 1.165) is 11.3 Å². The first-order valence-electron chi connectivity index (χ1n) is 6.87. The third-order valence-electron chi connectivity index (χ3n) is 3.13. The molecule has 1 unspecified atom stereocenters. The predicted octanol–water partition coefficient (Wildman–Crippen LogP) is 3.37. The molecule has 1 aromatic carbocycles. The highest BCUT2D eigenvalue weighted by atomic mass is 16.5. The van der Waals surface area contributed by atoms with Gasteiger partial charge in [0.15, 0.2) is 0 Å². The summed E-state index contributed by atoms with van der Waals surface area (Å²) >= 11 is 0. The lowest BCUT2D eigenvalue weighted by molar-refractivity contribution is 0.328. The summed E-state index contributed by atoms with van der Waals surface area (Å²) < 4.78 is 10.6. The average molecular weight is 288 g/mol. The molecule has 1 heterocycles. The van der Waals surface area contributed by atoms with Crippen LogP contribution in [0, 0.1) is 0 Å². The fraction of sp³-hybridized carbons (Fsp3) is 0.312. The standard InChI is InChI=1S/C16H20N2O3/c1-4-21-16-14(6-5-9-17-16)18-11(2)13-8-7-12(20-3)10-15(13)19/h5-11,18-19H,4H2,1-3H3. The van der Waals surface area contributed by atoms with E-state index >= 15 is 0 Å². The van der Waals surface area contributed by atoms with E-state index in [9.17, 15) is 5.11 Å². The molecule has 1 atom stereocenters. The van der Waals surface area contributed by atoms with Gasteiger partial charge in [-0.15, -0.1) is 0 Å². The molecule has 2 rings (SSSR count). The minimum Gasteiger partial charge on any atom is -0.507 e. The number of methoxy groups -OCH3 is 1. The summed E-state index contributed by atoms with van der Waals surface area (Å²) in [5.41, 5.74) is 1.57. The SMILES string of the molecule is CCOc1ncccc1NC(C)c1ccc(OC)cc1O. The summed E-state index contributed by atoms with van der Waals surface area (Å²) in [6.45, 7) is 4.43. The maximum atomic E-state index is 10.1. The van der Waals surface area contributed by atoms with Crippen LogP contribution < -0.4 is 14.8 Å². The summed E-state index contributed by atoms with van der Waals surface area (Å²) in [6, 6.07) is 8.89. The van der Waals surface area contributed by atoms with E-state index in [2.05, 4.69) is 10.3 Å². The molecule has 0 saturated carbocycles. The van der Waals surface area contributed by atoms with Gasteiger partial charge in [0.1, 0.15) is 11.5 Å². The topological polar surface area (TPSA) is 63.6 Å². The highest BCUT2D eigenvalue weighted by molar-refractivity contribution is 5.54. The molecule has 0 bridgehead atoms. The lowest BCUT2D eigenvalue weighted by atomic mass is 10.1. The van der Waals surface area contributed by atoms with Crippen LogP contribution in [0.2, 0.25) is 0 Å². The number of phenolic OH excluding ortho intramolecular Hbond substituents is 1. The van der Waals surface area contributed by atoms with Crippen LogP contribution in [0.3, 0.4) is 0 Å². The monoisotopic (exact) mass is 288 g/mol. The fourth-order valence-electron chi connectivity index (χ4n) is 2.08. The van der Waals surface area contributed by atoms with Crippen molar-refractivity contribution in [1.29, 1.82) is 0 Å². The lowest BCUT2D eigenvalue weighted by Gasteiger charge is -2.19. The average Bonchev–Trinajstić information content (AvgIpc) is 2.49. The molecule has 112 valence electrons. The summed E-state index contributed by atoms with van der Waals surface area (Å²) in [7, 11) is 1.57. The Kier molecular flexibility index (Phi) is 4.87. The first-order valence-corrected chi connectivity index (χ1v) is 6.87. The second-order valence-corrected chi connectivity index (χ2v) is 4.58. The number of nitrogens with one attached hydrogen (secondary N) is 1. The zero-order valence-electron chi connectivity index (χ0n) is 12.5. The summed E-state index contributed by atoms with van der Waals surface area (Å²) in [6.07, 6.45) is 1.69. The molecule has 1 aromatic heterocycles. The molecule has 0 radical (unpaired) electrons. The number of phenols is 1. The Morgan fingerprint density at radius 3 is 2.81 bits per heavy atom. The van der Waals surface area contributed by atoms with Gasteiger partial charge in [0, 0.05) is 17.8 Å². The van der Waals surface area contributed by atoms with Gasteiger partial charge < -0.3 is 19.9 Å². The van der Waals surface area contributed by atoms with Crippen LogP contribution in [0.25, 0.3) is 0 Å². The van der Waals surface area contributed by atoms with Gasteiger partial charge in [-0.3, -0.25) is 0 Å². The summed E-state index contributed by atoms with van der Waals surface area (Å²) in [5, 5.41) is 13.4. The molecule has 2 aromatic rings. The fourth-order valence-corrected chi connectivity index (χ4v) is 2.08. The highest BCUT2D eigenvalue weighted by Crippen LogP contribution is 2.32. The Bertz CT molecular complexity index is 602. The van der Waals surface area contributed by atoms with Crippen molar-refractivity contribution in [3.63, 3.8) is 0 Å². The minimum absolute atomic E-state index is 0.0979. The summed E-state index contributed by atoms with van der Waals surface area (Å²) in [4.78, 5) is 4.20. The number of hydrogen-bond acceptors (Lipinski definition) is 5. The van der Waals surface area contributed by atoms with Crippen LogP contribution in [-0.4, -0.2) is 23.8 Å². The van der Waals surface area contributed by atoms with Crippen molar-refractivity contribution in [3.8, 4) is 17.4 Å². The molecule has 2 N–H and O–H groups in total. The van der Waals surface area contributed by atoms with Crippen molar-refractivity contribution in [1.82, 2.24) is 4.98 Å². The second kappa shape index (κ2) is 6.83. The molecule has 21 heavy (non-hydrogen) atoms. The molecular weight excluding hydrogens is 268 g/mol. The van der Waals surface area contributed by atoms with Crippen molar-refractivity contribution >= 4 is 5.69 Å². The van der Waals surface area contributed by atoms with E-state index in [1.165, 1.54) is 0 Å². The Labute approximate surface area is 124 Å². The van der Waals surface area contributed by atoms with Gasteiger partial charge in [-0.1, -0.05) is 0 Å². The third kappa shape index (κ3) is 3.56. The molecule has 0 aliphatic rings. The van der Waals surface area contributed by atoms with Crippen LogP contribution in [-0.2, 0) is 0 Å². The maximum Gasteiger partial charge on any atom is 0.237 e. The van der Waals surface area contributed by atoms with Gasteiger partial charge in [0.2, 0.25) is 5.88 Å². The number of hydrogen-bond donors (Lipinski definition) is 2. The normalized spacial score (nSPS) is 11.8. The summed E-state index contributed by atoms with van der Waals surface area (Å²) in [5.74, 6) is 1.37. The van der Waals surface area contributed by atoms with Gasteiger partial charge in [0.05, 0.1) is 25.4 Å². The predicted molar refractivity (Wildman–Crippen MR) is 82.1 cm³/mol. The van der Waals surface area contributed by atoms with E-state index in [1.54, 1.807) is 19.4 Å². The Hall–Kier alpha value is -2.43. The number of anilines is 1. The van der Waals surface area contributed by atoms with Gasteiger partial charge >= 0.3 is 0 Å². The number of aromatic nitrogens is 1. The first kappa shape index (κ1) is 15.0. The Morgan fingerprint density at radius 1 is 1.33 bits per heavy atom. The molecule has 0 aliphatic carbocycles. The van der Waals surface area contributed by atoms with Gasteiger partial charge in [-0.25, -0.2) is 4.98 Å². The molecule has 0 amide bonds. The number of rotatable bonds is 6. The van der Waals surface area contributed by atoms with E-state index in [4.69, 9.17) is 9.47 Å². The molecule has 5 heteroatoms. The smallest absolute Gasteiger partial charge is 0.237 e. The Morgan fingerprint density at radius 2 is 2.14 bits per heavy atom. The number of ether oxygens (including phenoxy) is 2. The highest BCUT2D eigenvalue weighted by Gasteiger charge is 2.13. The first-order chi connectivity index (χ1) is 10.2. The van der Waals surface area contributed by atoms with Crippen LogP contribution in [0.1, 0.15) is 25.5 Å². The zero-order chi connectivity index (χ0) is 15.2. The van der Waals surface area contributed by atoms with Gasteiger partial charge in [0.25, 0.3) is 0 Å². The van der Waals surface area contributed by atoms with E-state index < -0.39 is 0 Å². The molecular formula is C16H20N2O3. The van der Waals surface area contributed by atoms with Crippen LogP contribution >= 0.6 is 0 Å². The molecule has 0 saturated heterocycles. The van der Waals surface area contributed by atoms with Crippen molar-refractivity contribution < 1.29 is 14.6 Å². The third-order valence-corrected chi connectivity index (χ3v) is 3.13. The molecule has 0 aliphatic heterocycles. The minimum atomic E-state index is -0.0979. The molecule has 0 fully saturated rings. The van der Waals surface area contributed by atoms with Crippen molar-refractivity contribution in [2.45, 2.75) is 19.9 Å². The van der Waals surface area contributed by atoms with Crippen LogP contribution in [0.15, 0.2) is 36.5 Å². The van der Waals surface area contributed by atoms with Crippen molar-refractivity contribution in [2.75, 3.05) is 19.0 Å². The molecule has 5 nitrogen and oxygen atoms in total. The quantitative estimate of drug-likeness (QED) is 0.853. The largest absolute Gasteiger partial charge is 0.507 e. The van der Waals surface area contributed by atoms with Crippen LogP contribution in [0.5, 0.6) is 17.4 Å². The zero-order valence-corrected chi connectivity index (χ0v) is 12.5. The molecule has 0 spiro atoms. The van der Waals surface area contributed by atoms with E-state index in [0.29, 0.717) is 18.2 Å². The van der Waals surface area contributed by atoms with E-state index in [-0.39, 0.29) is 11.8 Å². The number of nitrogens with zero attached hydrogens (tertiary/aromatic N) is 1. The number of benzene rings is 1. The Balaban J connectivity index is 2.20. The second-order valence-electron chi connectivity index (χ2n) is 4.58.